The Bertz CT molecular complexity index is 181. The fraction of sp³-hybridized carbons (Fsp3) is 1.00. The van der Waals surface area contributed by atoms with Gasteiger partial charge in [0.05, 0.1) is 26.0 Å². The molecule has 0 aliphatic rings. The summed E-state index contributed by atoms with van der Waals surface area (Å²) >= 11 is 1.49. The molecule has 0 radical (unpaired) electrons. The van der Waals surface area contributed by atoms with E-state index in [2.05, 4.69) is 0 Å². The van der Waals surface area contributed by atoms with E-state index in [0.717, 1.165) is 0 Å². The molecule has 0 aliphatic heterocycles. The van der Waals surface area contributed by atoms with Crippen LogP contribution in [0.2, 0.25) is 0 Å². The van der Waals surface area contributed by atoms with Crippen LogP contribution in [0.25, 0.3) is 0 Å². The minimum absolute atomic E-state index is 0.562. The number of rotatable bonds is 2. The Kier molecular flexibility index (Phi) is 2.94. The maximum atomic E-state index is 10.9. The van der Waals surface area contributed by atoms with Crippen LogP contribution in [0, 0.1) is 0 Å². The van der Waals surface area contributed by atoms with Gasteiger partial charge in [-0.2, -0.15) is 0 Å². The lowest BCUT2D eigenvalue weighted by Gasteiger charge is -2.17. The minimum atomic E-state index is -2.88. The number of hydrogen-bond donors (Lipinski definition) is 0. The Morgan fingerprint density at radius 2 is 1.78 bits per heavy atom. The highest BCUT2D eigenvalue weighted by Crippen LogP contribution is 2.25. The Labute approximate surface area is 68.5 Å². The van der Waals surface area contributed by atoms with Crippen LogP contribution in [0.15, 0.2) is 0 Å². The normalized spacial score (nSPS) is 13.8. The second-order valence-corrected chi connectivity index (χ2v) is 8.01. The summed E-state index contributed by atoms with van der Waals surface area (Å²) in [5, 5.41) is 0. The van der Waals surface area contributed by atoms with Crippen molar-refractivity contribution in [3.05, 3.63) is 0 Å². The predicted molar refractivity (Wildman–Crippen MR) is 47.3 cm³/mol. The highest BCUT2D eigenvalue weighted by atomic mass is 127. The molecular formula is C5H11IO2S. The average Bonchev–Trinajstić information content (AvgIpc) is 1.64. The molecule has 0 saturated carbocycles. The van der Waals surface area contributed by atoms with Crippen LogP contribution in [0.4, 0.5) is 0 Å². The zero-order valence-corrected chi connectivity index (χ0v) is 8.78. The summed E-state index contributed by atoms with van der Waals surface area (Å²) in [6, 6.07) is 0. The van der Waals surface area contributed by atoms with Crippen LogP contribution >= 0.6 is 21.2 Å². The van der Waals surface area contributed by atoms with Crippen molar-refractivity contribution in [1.29, 1.82) is 0 Å². The summed E-state index contributed by atoms with van der Waals surface area (Å²) in [6.07, 6.45) is 0.665. The van der Waals surface area contributed by atoms with E-state index in [1.54, 1.807) is 13.8 Å². The summed E-state index contributed by atoms with van der Waals surface area (Å²) in [7, 11) is -2.88. The van der Waals surface area contributed by atoms with Gasteiger partial charge in [0.2, 0.25) is 7.01 Å². The van der Waals surface area contributed by atoms with Crippen molar-refractivity contribution in [3.8, 4) is 0 Å². The van der Waals surface area contributed by atoms with Crippen molar-refractivity contribution < 1.29 is 8.42 Å². The van der Waals surface area contributed by atoms with Crippen LogP contribution in [0.1, 0.15) is 27.2 Å². The van der Waals surface area contributed by atoms with E-state index in [0.29, 0.717) is 6.42 Å². The smallest absolute Gasteiger partial charge is 0.208 e. The fourth-order valence-electron chi connectivity index (χ4n) is 0.172. The van der Waals surface area contributed by atoms with E-state index < -0.39 is 11.8 Å². The lowest BCUT2D eigenvalue weighted by molar-refractivity contribution is 0.557. The first kappa shape index (κ1) is 9.68. The molecule has 2 nitrogen and oxygen atoms in total. The van der Waals surface area contributed by atoms with Gasteiger partial charge in [0.25, 0.3) is 0 Å². The minimum Gasteiger partial charge on any atom is -0.218 e. The first-order valence-electron chi connectivity index (χ1n) is 2.75. The molecule has 0 heterocycles. The molecule has 0 fully saturated rings. The van der Waals surface area contributed by atoms with Crippen LogP contribution in [-0.4, -0.2) is 13.2 Å². The third kappa shape index (κ3) is 2.41. The van der Waals surface area contributed by atoms with Gasteiger partial charge in [-0.3, -0.25) is 0 Å². The molecule has 0 rings (SSSR count). The van der Waals surface area contributed by atoms with E-state index in [4.69, 9.17) is 0 Å². The van der Waals surface area contributed by atoms with Gasteiger partial charge in [-0.15, -0.1) is 0 Å². The van der Waals surface area contributed by atoms with Gasteiger partial charge >= 0.3 is 0 Å². The van der Waals surface area contributed by atoms with Crippen LogP contribution in [-0.2, 0) is 7.01 Å². The molecule has 9 heavy (non-hydrogen) atoms. The maximum Gasteiger partial charge on any atom is 0.208 e. The van der Waals surface area contributed by atoms with Crippen LogP contribution in [0.5, 0.6) is 0 Å². The van der Waals surface area contributed by atoms with Gasteiger partial charge < -0.3 is 0 Å². The van der Waals surface area contributed by atoms with E-state index in [9.17, 15) is 8.42 Å². The molecular weight excluding hydrogens is 251 g/mol. The summed E-state index contributed by atoms with van der Waals surface area (Å²) in [5.74, 6) is 0. The van der Waals surface area contributed by atoms with E-state index in [1.165, 1.54) is 21.2 Å². The summed E-state index contributed by atoms with van der Waals surface area (Å²) in [4.78, 5) is 0. The fourth-order valence-corrected chi connectivity index (χ4v) is 1.45. The van der Waals surface area contributed by atoms with Crippen LogP contribution < -0.4 is 0 Å². The zero-order valence-electron chi connectivity index (χ0n) is 5.81. The SMILES string of the molecule is CCC(C)(C)S(=O)(=O)I. The number of halogens is 1. The van der Waals surface area contributed by atoms with Crippen molar-refractivity contribution in [2.75, 3.05) is 0 Å². The summed E-state index contributed by atoms with van der Waals surface area (Å²) < 4.78 is 21.2. The van der Waals surface area contributed by atoms with Gasteiger partial charge in [0, 0.05) is 0 Å². The van der Waals surface area contributed by atoms with Crippen molar-refractivity contribution in [1.82, 2.24) is 0 Å². The Morgan fingerprint density at radius 1 is 1.44 bits per heavy atom. The van der Waals surface area contributed by atoms with Gasteiger partial charge in [0.15, 0.2) is 0 Å². The predicted octanol–water partition coefficient (Wildman–Crippen LogP) is 1.94. The Hall–Kier alpha value is 0.680. The maximum absolute atomic E-state index is 10.9. The summed E-state index contributed by atoms with van der Waals surface area (Å²) in [6.45, 7) is 5.33. The first-order valence-corrected chi connectivity index (χ1v) is 6.78. The van der Waals surface area contributed by atoms with Gasteiger partial charge in [-0.25, -0.2) is 8.42 Å². The van der Waals surface area contributed by atoms with Crippen LogP contribution in [0.3, 0.4) is 0 Å². The standard InChI is InChI=1S/C5H11IO2S/c1-4-5(2,3)9(6,7)8/h4H2,1-3H3. The second-order valence-electron chi connectivity index (χ2n) is 2.55. The second kappa shape index (κ2) is 2.74. The third-order valence-corrected chi connectivity index (χ3v) is 6.70. The molecule has 0 aromatic rings. The largest absolute Gasteiger partial charge is 0.218 e. The van der Waals surface area contributed by atoms with Gasteiger partial charge in [-0.1, -0.05) is 6.92 Å². The van der Waals surface area contributed by atoms with Crippen molar-refractivity contribution in [2.45, 2.75) is 31.9 Å². The number of hydrogen-bond acceptors (Lipinski definition) is 2. The van der Waals surface area contributed by atoms with Crippen molar-refractivity contribution >= 4 is 28.2 Å². The molecule has 0 atom stereocenters. The zero-order chi connectivity index (χ0) is 7.71. The molecule has 0 aliphatic carbocycles. The molecule has 0 saturated heterocycles. The molecule has 0 N–H and O–H groups in total. The average molecular weight is 262 g/mol. The monoisotopic (exact) mass is 262 g/mol. The van der Waals surface area contributed by atoms with E-state index in [-0.39, 0.29) is 0 Å². The molecule has 0 unspecified atom stereocenters. The van der Waals surface area contributed by atoms with Gasteiger partial charge in [0.1, 0.15) is 0 Å². The lowest BCUT2D eigenvalue weighted by atomic mass is 10.1. The molecule has 0 spiro atoms. The molecule has 4 heteroatoms. The van der Waals surface area contributed by atoms with E-state index in [1.807, 2.05) is 6.92 Å². The topological polar surface area (TPSA) is 34.1 Å². The Morgan fingerprint density at radius 3 is 1.78 bits per heavy atom. The molecule has 0 amide bonds. The summed E-state index contributed by atoms with van der Waals surface area (Å²) in [5.41, 5.74) is 0. The first-order chi connectivity index (χ1) is 3.81. The molecule has 0 bridgehead atoms. The molecule has 0 aromatic carbocycles. The lowest BCUT2D eigenvalue weighted by Crippen LogP contribution is -2.25. The quantitative estimate of drug-likeness (QED) is 0.563. The highest BCUT2D eigenvalue weighted by molar-refractivity contribution is 14.2. The highest BCUT2D eigenvalue weighted by Gasteiger charge is 2.29. The van der Waals surface area contributed by atoms with Crippen molar-refractivity contribution in [3.63, 3.8) is 0 Å². The van der Waals surface area contributed by atoms with Gasteiger partial charge in [-0.05, 0) is 20.3 Å². The molecule has 0 aromatic heterocycles. The molecule has 56 valence electrons. The van der Waals surface area contributed by atoms with E-state index >= 15 is 0 Å². The third-order valence-electron chi connectivity index (χ3n) is 1.51. The van der Waals surface area contributed by atoms with Crippen molar-refractivity contribution in [2.24, 2.45) is 0 Å². The Balaban J connectivity index is 4.56.